The second-order valence-corrected chi connectivity index (χ2v) is 6.37. The molecule has 1 amide bonds. The first-order valence-corrected chi connectivity index (χ1v) is 8.12. The molecule has 1 heterocycles. The molecule has 112 valence electrons. The molecule has 3 nitrogen and oxygen atoms in total. The fraction of sp³-hybridized carbons (Fsp3) is 0.312. The molecule has 0 aliphatic heterocycles. The molecule has 0 spiro atoms. The Bertz CT molecular complexity index is 607. The molecule has 0 aliphatic rings. The highest BCUT2D eigenvalue weighted by atomic mass is 35.5. The average Bonchev–Trinajstić information content (AvgIpc) is 2.77. The minimum Gasteiger partial charge on any atom is -0.466 e. The minimum atomic E-state index is 0.0507. The standard InChI is InChI=1S/C16H18ClNO2S/c1-11-9-13(12(2)20-11)10-18-16(19)7-8-21-15-5-3-14(17)4-6-15/h3-6,9H,7-8,10H2,1-2H3,(H,18,19). The molecule has 0 atom stereocenters. The zero-order chi connectivity index (χ0) is 15.2. The highest BCUT2D eigenvalue weighted by Crippen LogP contribution is 2.21. The maximum atomic E-state index is 11.8. The number of benzene rings is 1. The van der Waals surface area contributed by atoms with E-state index in [0.717, 1.165) is 32.8 Å². The van der Waals surface area contributed by atoms with Gasteiger partial charge in [-0.1, -0.05) is 11.6 Å². The lowest BCUT2D eigenvalue weighted by Crippen LogP contribution is -2.23. The second-order valence-electron chi connectivity index (χ2n) is 4.77. The van der Waals surface area contributed by atoms with E-state index < -0.39 is 0 Å². The quantitative estimate of drug-likeness (QED) is 0.804. The molecule has 5 heteroatoms. The first kappa shape index (κ1) is 16.0. The first-order valence-electron chi connectivity index (χ1n) is 6.75. The van der Waals surface area contributed by atoms with E-state index in [0.29, 0.717) is 13.0 Å². The third kappa shape index (κ3) is 5.14. The van der Waals surface area contributed by atoms with Crippen molar-refractivity contribution in [1.29, 1.82) is 0 Å². The van der Waals surface area contributed by atoms with Crippen molar-refractivity contribution < 1.29 is 9.21 Å². The fourth-order valence-electron chi connectivity index (χ4n) is 1.93. The summed E-state index contributed by atoms with van der Waals surface area (Å²) in [6, 6.07) is 9.59. The van der Waals surface area contributed by atoms with Crippen LogP contribution in [0.15, 0.2) is 39.6 Å². The largest absolute Gasteiger partial charge is 0.466 e. The lowest BCUT2D eigenvalue weighted by atomic mass is 10.2. The molecule has 0 saturated heterocycles. The number of hydrogen-bond acceptors (Lipinski definition) is 3. The van der Waals surface area contributed by atoms with Gasteiger partial charge in [-0.15, -0.1) is 11.8 Å². The number of thioether (sulfide) groups is 1. The van der Waals surface area contributed by atoms with E-state index in [4.69, 9.17) is 16.0 Å². The Balaban J connectivity index is 1.70. The topological polar surface area (TPSA) is 42.2 Å². The minimum absolute atomic E-state index is 0.0507. The van der Waals surface area contributed by atoms with Crippen molar-refractivity contribution >= 4 is 29.3 Å². The van der Waals surface area contributed by atoms with E-state index >= 15 is 0 Å². The lowest BCUT2D eigenvalue weighted by molar-refractivity contribution is -0.120. The molecule has 0 aliphatic carbocycles. The van der Waals surface area contributed by atoms with E-state index in [1.165, 1.54) is 0 Å². The number of aryl methyl sites for hydroxylation is 2. The molecule has 2 rings (SSSR count). The number of amides is 1. The Hall–Kier alpha value is -1.39. The SMILES string of the molecule is Cc1cc(CNC(=O)CCSc2ccc(Cl)cc2)c(C)o1. The summed E-state index contributed by atoms with van der Waals surface area (Å²) >= 11 is 7.48. The summed E-state index contributed by atoms with van der Waals surface area (Å²) in [7, 11) is 0. The summed E-state index contributed by atoms with van der Waals surface area (Å²) in [6.07, 6.45) is 0.489. The van der Waals surface area contributed by atoms with Gasteiger partial charge in [0.2, 0.25) is 5.91 Å². The van der Waals surface area contributed by atoms with E-state index in [-0.39, 0.29) is 5.91 Å². The van der Waals surface area contributed by atoms with Crippen LogP contribution in [-0.4, -0.2) is 11.7 Å². The van der Waals surface area contributed by atoms with Crippen LogP contribution in [-0.2, 0) is 11.3 Å². The van der Waals surface area contributed by atoms with E-state index in [2.05, 4.69) is 5.32 Å². The van der Waals surface area contributed by atoms with Crippen LogP contribution < -0.4 is 5.32 Å². The Morgan fingerprint density at radius 3 is 2.62 bits per heavy atom. The normalized spacial score (nSPS) is 10.6. The lowest BCUT2D eigenvalue weighted by Gasteiger charge is -2.04. The van der Waals surface area contributed by atoms with Crippen molar-refractivity contribution in [2.45, 2.75) is 31.7 Å². The van der Waals surface area contributed by atoms with Gasteiger partial charge < -0.3 is 9.73 Å². The fourth-order valence-corrected chi connectivity index (χ4v) is 2.91. The zero-order valence-corrected chi connectivity index (χ0v) is 13.7. The van der Waals surface area contributed by atoms with Gasteiger partial charge in [0, 0.05) is 34.2 Å². The molecule has 1 aromatic carbocycles. The summed E-state index contributed by atoms with van der Waals surface area (Å²) < 4.78 is 5.43. The number of halogens is 1. The number of carbonyl (C=O) groups excluding carboxylic acids is 1. The molecule has 0 unspecified atom stereocenters. The van der Waals surface area contributed by atoms with Gasteiger partial charge in [0.05, 0.1) is 0 Å². The summed E-state index contributed by atoms with van der Waals surface area (Å²) in [5, 5.41) is 3.64. The van der Waals surface area contributed by atoms with Gasteiger partial charge in [-0.25, -0.2) is 0 Å². The van der Waals surface area contributed by atoms with Crippen LogP contribution in [0.2, 0.25) is 5.02 Å². The summed E-state index contributed by atoms with van der Waals surface area (Å²) in [4.78, 5) is 12.9. The highest BCUT2D eigenvalue weighted by Gasteiger charge is 2.07. The predicted octanol–water partition coefficient (Wildman–Crippen LogP) is 4.35. The number of nitrogens with one attached hydrogen (secondary N) is 1. The molecule has 1 N–H and O–H groups in total. The van der Waals surface area contributed by atoms with Gasteiger partial charge in [-0.3, -0.25) is 4.79 Å². The van der Waals surface area contributed by atoms with Crippen LogP contribution in [0.25, 0.3) is 0 Å². The van der Waals surface area contributed by atoms with Crippen molar-refractivity contribution in [2.24, 2.45) is 0 Å². The van der Waals surface area contributed by atoms with Crippen molar-refractivity contribution in [1.82, 2.24) is 5.32 Å². The molecule has 0 saturated carbocycles. The van der Waals surface area contributed by atoms with Crippen molar-refractivity contribution in [2.75, 3.05) is 5.75 Å². The summed E-state index contributed by atoms with van der Waals surface area (Å²) in [5.74, 6) is 2.53. The van der Waals surface area contributed by atoms with Crippen LogP contribution in [0.4, 0.5) is 0 Å². The van der Waals surface area contributed by atoms with Gasteiger partial charge >= 0.3 is 0 Å². The Kier molecular flexibility index (Phi) is 5.76. The van der Waals surface area contributed by atoms with E-state index in [1.54, 1.807) is 11.8 Å². The predicted molar refractivity (Wildman–Crippen MR) is 86.8 cm³/mol. The first-order chi connectivity index (χ1) is 10.0. The second kappa shape index (κ2) is 7.57. The van der Waals surface area contributed by atoms with Crippen LogP contribution in [0, 0.1) is 13.8 Å². The highest BCUT2D eigenvalue weighted by molar-refractivity contribution is 7.99. The Morgan fingerprint density at radius 1 is 1.29 bits per heavy atom. The maximum Gasteiger partial charge on any atom is 0.221 e. The summed E-state index contributed by atoms with van der Waals surface area (Å²) in [6.45, 7) is 4.33. The molecular weight excluding hydrogens is 306 g/mol. The Morgan fingerprint density at radius 2 is 2.00 bits per heavy atom. The molecule has 2 aromatic rings. The molecule has 0 fully saturated rings. The molecular formula is C16H18ClNO2S. The van der Waals surface area contributed by atoms with E-state index in [9.17, 15) is 4.79 Å². The van der Waals surface area contributed by atoms with Crippen molar-refractivity contribution in [3.8, 4) is 0 Å². The van der Waals surface area contributed by atoms with Crippen LogP contribution >= 0.6 is 23.4 Å². The number of carbonyl (C=O) groups is 1. The average molecular weight is 324 g/mol. The number of hydrogen-bond donors (Lipinski definition) is 1. The third-order valence-electron chi connectivity index (χ3n) is 3.03. The molecule has 0 bridgehead atoms. The Labute approximate surface area is 134 Å². The van der Waals surface area contributed by atoms with E-state index in [1.807, 2.05) is 44.2 Å². The van der Waals surface area contributed by atoms with Crippen LogP contribution in [0.1, 0.15) is 23.5 Å². The van der Waals surface area contributed by atoms with Crippen LogP contribution in [0.5, 0.6) is 0 Å². The summed E-state index contributed by atoms with van der Waals surface area (Å²) in [5.41, 5.74) is 1.03. The van der Waals surface area contributed by atoms with Gasteiger partial charge in [0.25, 0.3) is 0 Å². The van der Waals surface area contributed by atoms with Gasteiger partial charge in [-0.05, 0) is 44.2 Å². The number of furan rings is 1. The van der Waals surface area contributed by atoms with Crippen molar-refractivity contribution in [3.05, 3.63) is 52.4 Å². The van der Waals surface area contributed by atoms with Crippen LogP contribution in [0.3, 0.4) is 0 Å². The molecule has 1 aromatic heterocycles. The third-order valence-corrected chi connectivity index (χ3v) is 4.30. The zero-order valence-electron chi connectivity index (χ0n) is 12.1. The monoisotopic (exact) mass is 323 g/mol. The molecule has 21 heavy (non-hydrogen) atoms. The molecule has 0 radical (unpaired) electrons. The maximum absolute atomic E-state index is 11.8. The smallest absolute Gasteiger partial charge is 0.221 e. The number of rotatable bonds is 6. The van der Waals surface area contributed by atoms with Gasteiger partial charge in [-0.2, -0.15) is 0 Å². The van der Waals surface area contributed by atoms with Crippen molar-refractivity contribution in [3.63, 3.8) is 0 Å². The van der Waals surface area contributed by atoms with Gasteiger partial charge in [0.15, 0.2) is 0 Å². The van der Waals surface area contributed by atoms with Gasteiger partial charge in [0.1, 0.15) is 11.5 Å².